The molecule has 0 saturated carbocycles. The van der Waals surface area contributed by atoms with Crippen LogP contribution in [0.3, 0.4) is 0 Å². The monoisotopic (exact) mass is 435 g/mol. The third kappa shape index (κ3) is 7.35. The van der Waals surface area contributed by atoms with Crippen molar-refractivity contribution in [1.29, 1.82) is 0 Å². The number of rotatable bonds is 11. The van der Waals surface area contributed by atoms with Crippen molar-refractivity contribution in [2.24, 2.45) is 0 Å². The number of carbonyl (C=O) groups excluding carboxylic acids is 1. The van der Waals surface area contributed by atoms with Crippen LogP contribution in [-0.2, 0) is 26.0 Å². The minimum Gasteiger partial charge on any atom is -0.497 e. The smallest absolute Gasteiger partial charge is 0.251 e. The molecule has 1 unspecified atom stereocenters. The van der Waals surface area contributed by atoms with Crippen molar-refractivity contribution in [3.8, 4) is 11.5 Å². The fourth-order valence-corrected chi connectivity index (χ4v) is 3.42. The van der Waals surface area contributed by atoms with Crippen LogP contribution in [0.4, 0.5) is 0 Å². The molecule has 7 nitrogen and oxygen atoms in total. The number of sulfone groups is 1. The zero-order valence-electron chi connectivity index (χ0n) is 17.8. The Bertz CT molecular complexity index is 944. The normalized spacial score (nSPS) is 12.3. The lowest BCUT2D eigenvalue weighted by molar-refractivity contribution is -0.142. The fourth-order valence-electron chi connectivity index (χ4n) is 2.76. The largest absolute Gasteiger partial charge is 0.497 e. The van der Waals surface area contributed by atoms with E-state index in [0.29, 0.717) is 31.9 Å². The van der Waals surface area contributed by atoms with Gasteiger partial charge in [-0.15, -0.1) is 0 Å². The molecule has 2 rings (SSSR count). The first-order chi connectivity index (χ1) is 14.2. The summed E-state index contributed by atoms with van der Waals surface area (Å²) < 4.78 is 39.7. The van der Waals surface area contributed by atoms with Gasteiger partial charge in [0, 0.05) is 19.8 Å². The third-order valence-electron chi connectivity index (χ3n) is 4.50. The van der Waals surface area contributed by atoms with E-state index in [-0.39, 0.29) is 10.8 Å². The molecule has 1 atom stereocenters. The molecule has 0 radical (unpaired) electrons. The van der Waals surface area contributed by atoms with E-state index in [0.717, 1.165) is 17.6 Å². The highest BCUT2D eigenvalue weighted by molar-refractivity contribution is 7.90. The Morgan fingerprint density at radius 1 is 1.10 bits per heavy atom. The number of benzene rings is 2. The van der Waals surface area contributed by atoms with Gasteiger partial charge in [-0.1, -0.05) is 18.2 Å². The molecule has 0 aliphatic heterocycles. The van der Waals surface area contributed by atoms with Crippen LogP contribution in [0.1, 0.15) is 18.9 Å². The summed E-state index contributed by atoms with van der Waals surface area (Å²) in [6, 6.07) is 13.9. The highest BCUT2D eigenvalue weighted by Crippen LogP contribution is 2.18. The van der Waals surface area contributed by atoms with Gasteiger partial charge in [0.25, 0.3) is 5.91 Å². The van der Waals surface area contributed by atoms with E-state index in [4.69, 9.17) is 14.2 Å². The summed E-state index contributed by atoms with van der Waals surface area (Å²) >= 11 is 0. The second-order valence-corrected chi connectivity index (χ2v) is 9.03. The lowest BCUT2D eigenvalue weighted by Crippen LogP contribution is -2.37. The highest BCUT2D eigenvalue weighted by atomic mass is 32.2. The van der Waals surface area contributed by atoms with E-state index in [1.54, 1.807) is 38.1 Å². The second-order valence-electron chi connectivity index (χ2n) is 7.01. The van der Waals surface area contributed by atoms with Crippen molar-refractivity contribution in [2.45, 2.75) is 31.0 Å². The lowest BCUT2D eigenvalue weighted by atomic mass is 10.2. The zero-order chi connectivity index (χ0) is 22.1. The third-order valence-corrected chi connectivity index (χ3v) is 5.61. The predicted octanol–water partition coefficient (Wildman–Crippen LogP) is 2.93. The Hall–Kier alpha value is -2.58. The van der Waals surface area contributed by atoms with Gasteiger partial charge in [-0.05, 0) is 49.2 Å². The van der Waals surface area contributed by atoms with Crippen LogP contribution in [0.25, 0.3) is 0 Å². The van der Waals surface area contributed by atoms with E-state index in [2.05, 4.69) is 0 Å². The second kappa shape index (κ2) is 11.0. The van der Waals surface area contributed by atoms with Gasteiger partial charge in [-0.3, -0.25) is 4.79 Å². The summed E-state index contributed by atoms with van der Waals surface area (Å²) in [7, 11) is 0.0511. The van der Waals surface area contributed by atoms with Crippen LogP contribution < -0.4 is 9.47 Å². The van der Waals surface area contributed by atoms with Crippen molar-refractivity contribution in [3.63, 3.8) is 0 Å². The van der Waals surface area contributed by atoms with Gasteiger partial charge in [0.2, 0.25) is 0 Å². The van der Waals surface area contributed by atoms with Gasteiger partial charge < -0.3 is 19.1 Å². The molecule has 0 heterocycles. The molecule has 0 bridgehead atoms. The van der Waals surface area contributed by atoms with E-state index in [1.165, 1.54) is 12.1 Å². The van der Waals surface area contributed by atoms with Crippen molar-refractivity contribution in [2.75, 3.05) is 33.6 Å². The molecule has 164 valence electrons. The quantitative estimate of drug-likeness (QED) is 0.505. The first-order valence-corrected chi connectivity index (χ1v) is 11.5. The fraction of sp³-hybridized carbons (Fsp3) is 0.409. The molecule has 0 N–H and O–H groups in total. The highest BCUT2D eigenvalue weighted by Gasteiger charge is 2.18. The van der Waals surface area contributed by atoms with Gasteiger partial charge in [0.15, 0.2) is 9.84 Å². The number of likely N-dealkylation sites (N-methyl/N-ethyl adjacent to an activating group) is 1. The number of hydrogen-bond donors (Lipinski definition) is 0. The number of nitrogens with zero attached hydrogens (tertiary/aromatic N) is 1. The van der Waals surface area contributed by atoms with E-state index in [1.807, 2.05) is 24.3 Å². The van der Waals surface area contributed by atoms with Crippen molar-refractivity contribution >= 4 is 15.7 Å². The Kier molecular flexibility index (Phi) is 8.68. The number of amides is 1. The molecule has 0 saturated heterocycles. The number of methoxy groups -OCH3 is 1. The molecule has 0 aliphatic rings. The molecular weight excluding hydrogens is 406 g/mol. The minimum absolute atomic E-state index is 0.114. The molecule has 8 heteroatoms. The first-order valence-electron chi connectivity index (χ1n) is 9.63. The molecule has 0 aliphatic carbocycles. The average molecular weight is 436 g/mol. The number of carbonyl (C=O) groups is 1. The van der Waals surface area contributed by atoms with Gasteiger partial charge >= 0.3 is 0 Å². The molecular formula is C22H29NO6S. The Morgan fingerprint density at radius 2 is 1.80 bits per heavy atom. The van der Waals surface area contributed by atoms with Crippen molar-refractivity contribution < 1.29 is 27.4 Å². The lowest BCUT2D eigenvalue weighted by Gasteiger charge is -2.22. The minimum atomic E-state index is -3.27. The zero-order valence-corrected chi connectivity index (χ0v) is 18.6. The maximum absolute atomic E-state index is 12.5. The van der Waals surface area contributed by atoms with Crippen molar-refractivity contribution in [3.05, 3.63) is 54.1 Å². The van der Waals surface area contributed by atoms with E-state index >= 15 is 0 Å². The van der Waals surface area contributed by atoms with Crippen LogP contribution in [0.2, 0.25) is 0 Å². The van der Waals surface area contributed by atoms with Gasteiger partial charge in [-0.25, -0.2) is 8.42 Å². The molecule has 0 aromatic heterocycles. The maximum Gasteiger partial charge on any atom is 0.251 e. The summed E-state index contributed by atoms with van der Waals surface area (Å²) in [5.41, 5.74) is 0.932. The molecule has 30 heavy (non-hydrogen) atoms. The summed E-state index contributed by atoms with van der Waals surface area (Å²) in [5, 5.41) is 0. The summed E-state index contributed by atoms with van der Waals surface area (Å²) in [5.74, 6) is 1.12. The standard InChI is InChI=1S/C22H29NO6S/c1-17(29-16-18-8-5-9-19(14-18)27-3)22(24)23(2)12-7-13-28-20-10-6-11-21(15-20)30(4,25)26/h5-6,8-11,14-15,17H,7,12-13,16H2,1-4H3. The molecule has 2 aromatic carbocycles. The summed E-state index contributed by atoms with van der Waals surface area (Å²) in [4.78, 5) is 14.3. The average Bonchev–Trinajstić information content (AvgIpc) is 2.74. The maximum atomic E-state index is 12.5. The molecule has 0 fully saturated rings. The summed E-state index contributed by atoms with van der Waals surface area (Å²) in [6.45, 7) is 2.91. The topological polar surface area (TPSA) is 82.1 Å². The van der Waals surface area contributed by atoms with E-state index < -0.39 is 15.9 Å². The van der Waals surface area contributed by atoms with Gasteiger partial charge in [0.05, 0.1) is 25.2 Å². The van der Waals surface area contributed by atoms with Gasteiger partial charge in [0.1, 0.15) is 17.6 Å². The Morgan fingerprint density at radius 3 is 2.50 bits per heavy atom. The van der Waals surface area contributed by atoms with Gasteiger partial charge in [-0.2, -0.15) is 0 Å². The van der Waals surface area contributed by atoms with Crippen LogP contribution in [0.15, 0.2) is 53.4 Å². The first kappa shape index (κ1) is 23.7. The van der Waals surface area contributed by atoms with Crippen LogP contribution in [0.5, 0.6) is 11.5 Å². The molecule has 2 aromatic rings. The SMILES string of the molecule is COc1cccc(COC(C)C(=O)N(C)CCCOc2cccc(S(C)(=O)=O)c2)c1. The van der Waals surface area contributed by atoms with Crippen molar-refractivity contribution in [1.82, 2.24) is 4.90 Å². The molecule has 0 spiro atoms. The predicted molar refractivity (Wildman–Crippen MR) is 115 cm³/mol. The Balaban J connectivity index is 1.74. The Labute approximate surface area is 178 Å². The summed E-state index contributed by atoms with van der Waals surface area (Å²) in [6.07, 6.45) is 1.19. The van der Waals surface area contributed by atoms with E-state index in [9.17, 15) is 13.2 Å². The van der Waals surface area contributed by atoms with Crippen LogP contribution in [0, 0.1) is 0 Å². The van der Waals surface area contributed by atoms with Crippen LogP contribution >= 0.6 is 0 Å². The molecule has 1 amide bonds. The van der Waals surface area contributed by atoms with Crippen LogP contribution in [-0.4, -0.2) is 58.9 Å². The number of hydrogen-bond acceptors (Lipinski definition) is 6. The number of ether oxygens (including phenoxy) is 3.